The number of pyridine rings is 1. The summed E-state index contributed by atoms with van der Waals surface area (Å²) >= 11 is 0.871. The van der Waals surface area contributed by atoms with E-state index in [-0.39, 0.29) is 10.6 Å². The molecule has 5 nitrogen and oxygen atoms in total. The summed E-state index contributed by atoms with van der Waals surface area (Å²) < 4.78 is 51.5. The van der Waals surface area contributed by atoms with Gasteiger partial charge in [0.1, 0.15) is 10.8 Å². The number of rotatable bonds is 6. The fourth-order valence-corrected chi connectivity index (χ4v) is 3.53. The van der Waals surface area contributed by atoms with Gasteiger partial charge >= 0.3 is 17.9 Å². The Balaban J connectivity index is 1.82. The molecule has 9 heteroatoms. The van der Waals surface area contributed by atoms with E-state index in [1.165, 1.54) is 36.7 Å². The summed E-state index contributed by atoms with van der Waals surface area (Å²) in [5, 5.41) is 0.126. The molecule has 148 valence electrons. The van der Waals surface area contributed by atoms with Crippen molar-refractivity contribution >= 4 is 22.8 Å². The Morgan fingerprint density at radius 3 is 2.61 bits per heavy atom. The van der Waals surface area contributed by atoms with E-state index in [2.05, 4.69) is 9.98 Å². The number of nitrogens with zero attached hydrogens (tertiary/aromatic N) is 2. The molecule has 0 radical (unpaired) electrons. The lowest BCUT2D eigenvalue weighted by atomic mass is 10.2. The second kappa shape index (κ2) is 8.22. The highest BCUT2D eigenvalue weighted by Gasteiger charge is 2.61. The molecule has 28 heavy (non-hydrogen) atoms. The quantitative estimate of drug-likeness (QED) is 0.657. The lowest BCUT2D eigenvalue weighted by molar-refractivity contribution is -0.245. The number of benzene rings is 1. The van der Waals surface area contributed by atoms with E-state index < -0.39 is 23.6 Å². The minimum Gasteiger partial charge on any atom is -0.494 e. The zero-order valence-electron chi connectivity index (χ0n) is 14.9. The molecule has 0 bridgehead atoms. The fourth-order valence-electron chi connectivity index (χ4n) is 2.41. The minimum absolute atomic E-state index is 0.0116. The van der Waals surface area contributed by atoms with Crippen LogP contribution in [0.3, 0.4) is 0 Å². The summed E-state index contributed by atoms with van der Waals surface area (Å²) in [5.74, 6) is -1.13. The molecule has 0 fully saturated rings. The number of halogens is 3. The molecule has 1 atom stereocenters. The monoisotopic (exact) mass is 410 g/mol. The summed E-state index contributed by atoms with van der Waals surface area (Å²) in [6.45, 7) is 2.45. The van der Waals surface area contributed by atoms with Crippen LogP contribution in [0.1, 0.15) is 29.3 Å². The van der Waals surface area contributed by atoms with E-state index in [9.17, 15) is 18.0 Å². The Morgan fingerprint density at radius 2 is 2.00 bits per heavy atom. The van der Waals surface area contributed by atoms with E-state index in [1.54, 1.807) is 12.1 Å². The molecule has 3 rings (SSSR count). The number of hydrogen-bond acceptors (Lipinski definition) is 6. The number of aromatic nitrogens is 1. The first-order chi connectivity index (χ1) is 13.3. The predicted molar refractivity (Wildman–Crippen MR) is 99.7 cm³/mol. The van der Waals surface area contributed by atoms with Gasteiger partial charge in [-0.05, 0) is 42.8 Å². The van der Waals surface area contributed by atoms with Crippen molar-refractivity contribution in [3.05, 3.63) is 59.9 Å². The fraction of sp³-hybridized carbons (Fsp3) is 0.316. The molecule has 0 saturated heterocycles. The third-order valence-corrected chi connectivity index (χ3v) is 5.00. The average Bonchev–Trinajstić information content (AvgIpc) is 3.13. The summed E-state index contributed by atoms with van der Waals surface area (Å²) in [6.07, 6.45) is -1.12. The largest absolute Gasteiger partial charge is 0.494 e. The first-order valence-corrected chi connectivity index (χ1v) is 9.49. The molecule has 1 aliphatic heterocycles. The lowest BCUT2D eigenvalue weighted by Gasteiger charge is -2.27. The summed E-state index contributed by atoms with van der Waals surface area (Å²) in [6, 6.07) is 8.96. The van der Waals surface area contributed by atoms with Crippen molar-refractivity contribution in [1.29, 1.82) is 0 Å². The topological polar surface area (TPSA) is 60.8 Å². The maximum atomic E-state index is 13.8. The van der Waals surface area contributed by atoms with E-state index in [1.807, 2.05) is 6.92 Å². The number of carbonyl (C=O) groups is 1. The highest BCUT2D eigenvalue weighted by molar-refractivity contribution is 8.14. The number of esters is 1. The van der Waals surface area contributed by atoms with E-state index in [0.717, 1.165) is 18.2 Å². The van der Waals surface area contributed by atoms with Crippen LogP contribution < -0.4 is 4.74 Å². The van der Waals surface area contributed by atoms with Gasteiger partial charge in [-0.25, -0.2) is 9.79 Å². The highest BCUT2D eigenvalue weighted by atomic mass is 32.2. The van der Waals surface area contributed by atoms with Crippen LogP contribution in [-0.2, 0) is 4.74 Å². The van der Waals surface area contributed by atoms with Crippen molar-refractivity contribution in [2.45, 2.75) is 25.2 Å². The number of carbonyl (C=O) groups excluding carboxylic acids is 1. The predicted octanol–water partition coefficient (Wildman–Crippen LogP) is 4.48. The molecule has 0 N–H and O–H groups in total. The van der Waals surface area contributed by atoms with Crippen molar-refractivity contribution in [3.63, 3.8) is 0 Å². The first kappa shape index (κ1) is 20.2. The Bertz CT molecular complexity index is 857. The van der Waals surface area contributed by atoms with Crippen molar-refractivity contribution in [2.75, 3.05) is 12.4 Å². The number of hydrogen-bond donors (Lipinski definition) is 0. The van der Waals surface area contributed by atoms with Crippen molar-refractivity contribution < 1.29 is 27.4 Å². The smallest absolute Gasteiger partial charge is 0.451 e. The molecule has 0 aliphatic carbocycles. The second-order valence-corrected chi connectivity index (χ2v) is 6.96. The maximum Gasteiger partial charge on any atom is 0.451 e. The highest BCUT2D eigenvalue weighted by Crippen LogP contribution is 2.44. The molecule has 2 heterocycles. The van der Waals surface area contributed by atoms with Crippen molar-refractivity contribution in [3.8, 4) is 5.75 Å². The molecule has 0 spiro atoms. The number of ether oxygens (including phenoxy) is 2. The molecule has 0 amide bonds. The third kappa shape index (κ3) is 4.30. The van der Waals surface area contributed by atoms with Crippen LogP contribution >= 0.6 is 11.8 Å². The summed E-state index contributed by atoms with van der Waals surface area (Å²) in [5.41, 5.74) is -2.51. The second-order valence-electron chi connectivity index (χ2n) is 5.99. The van der Waals surface area contributed by atoms with Gasteiger partial charge in [0.2, 0.25) is 0 Å². The molecule has 0 saturated carbocycles. The molecule has 1 aromatic carbocycles. The van der Waals surface area contributed by atoms with Gasteiger partial charge in [0, 0.05) is 18.0 Å². The normalized spacial score (nSPS) is 19.2. The standard InChI is InChI=1S/C19H17F3N2O3S/c1-2-10-26-15-7-5-13(6-8-15)17(25)27-18(19(20,21)22)12-28-16(24-18)14-4-3-9-23-11-14/h3-9,11H,2,10,12H2,1H3. The number of aliphatic imine (C=N–C) groups is 1. The van der Waals surface area contributed by atoms with Gasteiger partial charge < -0.3 is 9.47 Å². The van der Waals surface area contributed by atoms with Crippen LogP contribution in [0.5, 0.6) is 5.75 Å². The number of thioether (sulfide) groups is 1. The molecule has 2 aromatic rings. The van der Waals surface area contributed by atoms with Crippen LogP contribution in [0.2, 0.25) is 0 Å². The Labute approximate surface area is 164 Å². The van der Waals surface area contributed by atoms with Crippen LogP contribution in [0, 0.1) is 0 Å². The van der Waals surface area contributed by atoms with E-state index in [4.69, 9.17) is 9.47 Å². The lowest BCUT2D eigenvalue weighted by Crippen LogP contribution is -2.48. The van der Waals surface area contributed by atoms with Crippen LogP contribution in [0.15, 0.2) is 53.8 Å². The van der Waals surface area contributed by atoms with Crippen molar-refractivity contribution in [2.24, 2.45) is 4.99 Å². The van der Waals surface area contributed by atoms with Crippen LogP contribution in [0.25, 0.3) is 0 Å². The van der Waals surface area contributed by atoms with Gasteiger partial charge in [0.15, 0.2) is 0 Å². The van der Waals surface area contributed by atoms with Gasteiger partial charge in [-0.1, -0.05) is 18.7 Å². The van der Waals surface area contributed by atoms with Gasteiger partial charge in [0.05, 0.1) is 17.9 Å². The molecular weight excluding hydrogens is 393 g/mol. The third-order valence-electron chi connectivity index (χ3n) is 3.86. The van der Waals surface area contributed by atoms with Gasteiger partial charge in [0.25, 0.3) is 0 Å². The van der Waals surface area contributed by atoms with Gasteiger partial charge in [-0.15, -0.1) is 0 Å². The zero-order chi connectivity index (χ0) is 20.2. The van der Waals surface area contributed by atoms with Gasteiger partial charge in [-0.3, -0.25) is 4.98 Å². The molecular formula is C19H17F3N2O3S. The summed E-state index contributed by atoms with van der Waals surface area (Å²) in [7, 11) is 0. The van der Waals surface area contributed by atoms with Crippen molar-refractivity contribution in [1.82, 2.24) is 4.98 Å². The van der Waals surface area contributed by atoms with Crippen LogP contribution in [-0.4, -0.2) is 40.3 Å². The molecule has 1 aromatic heterocycles. The van der Waals surface area contributed by atoms with Gasteiger partial charge in [-0.2, -0.15) is 13.2 Å². The minimum atomic E-state index is -4.86. The maximum absolute atomic E-state index is 13.8. The SMILES string of the molecule is CCCOc1ccc(C(=O)OC2(C(F)(F)F)CSC(c3cccnc3)=N2)cc1. The first-order valence-electron chi connectivity index (χ1n) is 8.50. The molecule has 1 aliphatic rings. The molecule has 1 unspecified atom stereocenters. The Hall–Kier alpha value is -2.55. The Morgan fingerprint density at radius 1 is 1.25 bits per heavy atom. The average molecular weight is 410 g/mol. The van der Waals surface area contributed by atoms with E-state index in [0.29, 0.717) is 17.9 Å². The van der Waals surface area contributed by atoms with Crippen LogP contribution in [0.4, 0.5) is 13.2 Å². The Kier molecular flexibility index (Phi) is 5.93. The van der Waals surface area contributed by atoms with E-state index >= 15 is 0 Å². The number of alkyl halides is 3. The zero-order valence-corrected chi connectivity index (χ0v) is 15.7. The summed E-state index contributed by atoms with van der Waals surface area (Å²) in [4.78, 5) is 20.0.